The lowest BCUT2D eigenvalue weighted by Gasteiger charge is -2.26. The lowest BCUT2D eigenvalue weighted by atomic mass is 10.3. The summed E-state index contributed by atoms with van der Waals surface area (Å²) < 4.78 is 5.22. The summed E-state index contributed by atoms with van der Waals surface area (Å²) >= 11 is 1.71. The van der Waals surface area contributed by atoms with Crippen molar-refractivity contribution in [1.29, 1.82) is 0 Å². The molecule has 0 aromatic carbocycles. The summed E-state index contributed by atoms with van der Waals surface area (Å²) in [5, 5.41) is 6.60. The number of rotatable bonds is 8. The first kappa shape index (κ1) is 15.4. The van der Waals surface area contributed by atoms with Crippen LogP contribution in [0.15, 0.2) is 5.38 Å². The van der Waals surface area contributed by atoms with Gasteiger partial charge in [0.05, 0.1) is 18.3 Å². The quantitative estimate of drug-likeness (QED) is 0.788. The second kappa shape index (κ2) is 7.71. The summed E-state index contributed by atoms with van der Waals surface area (Å²) in [5.74, 6) is 0. The van der Waals surface area contributed by atoms with Crippen LogP contribution in [0.4, 0.5) is 5.13 Å². The SMILES string of the molecule is CCN(c1nc(CNC(C)C)cs1)C(C)COC. The number of ether oxygens (including phenoxy) is 1. The number of nitrogens with zero attached hydrogens (tertiary/aromatic N) is 2. The molecule has 0 aliphatic rings. The van der Waals surface area contributed by atoms with Gasteiger partial charge in [0.25, 0.3) is 0 Å². The second-order valence-electron chi connectivity index (χ2n) is 4.75. The highest BCUT2D eigenvalue weighted by Crippen LogP contribution is 2.22. The molecule has 0 aliphatic carbocycles. The minimum Gasteiger partial charge on any atom is -0.383 e. The number of hydrogen-bond donors (Lipinski definition) is 1. The van der Waals surface area contributed by atoms with Crippen molar-refractivity contribution in [2.75, 3.05) is 25.2 Å². The maximum atomic E-state index is 5.22. The molecule has 0 spiro atoms. The normalized spacial score (nSPS) is 13.0. The van der Waals surface area contributed by atoms with Crippen molar-refractivity contribution in [3.63, 3.8) is 0 Å². The molecule has 0 aliphatic heterocycles. The lowest BCUT2D eigenvalue weighted by Crippen LogP contribution is -2.36. The van der Waals surface area contributed by atoms with E-state index in [4.69, 9.17) is 4.74 Å². The number of likely N-dealkylation sites (N-methyl/N-ethyl adjacent to an activating group) is 1. The van der Waals surface area contributed by atoms with Crippen LogP contribution < -0.4 is 10.2 Å². The van der Waals surface area contributed by atoms with Crippen molar-refractivity contribution in [3.8, 4) is 0 Å². The average molecular weight is 271 g/mol. The van der Waals surface area contributed by atoms with E-state index in [9.17, 15) is 0 Å². The van der Waals surface area contributed by atoms with Crippen molar-refractivity contribution >= 4 is 16.5 Å². The molecule has 0 saturated heterocycles. The molecular weight excluding hydrogens is 246 g/mol. The summed E-state index contributed by atoms with van der Waals surface area (Å²) in [5.41, 5.74) is 1.12. The van der Waals surface area contributed by atoms with Gasteiger partial charge in [0.1, 0.15) is 0 Å². The van der Waals surface area contributed by atoms with E-state index in [0.29, 0.717) is 12.1 Å². The Labute approximate surface area is 114 Å². The monoisotopic (exact) mass is 271 g/mol. The van der Waals surface area contributed by atoms with Crippen LogP contribution in [0.5, 0.6) is 0 Å². The molecule has 0 fully saturated rings. The van der Waals surface area contributed by atoms with Crippen molar-refractivity contribution in [2.24, 2.45) is 0 Å². The molecule has 1 rings (SSSR count). The first-order valence-electron chi connectivity index (χ1n) is 6.51. The molecule has 0 radical (unpaired) electrons. The molecule has 0 bridgehead atoms. The smallest absolute Gasteiger partial charge is 0.185 e. The van der Waals surface area contributed by atoms with E-state index in [1.807, 2.05) is 0 Å². The molecule has 0 saturated carbocycles. The largest absolute Gasteiger partial charge is 0.383 e. The molecule has 1 unspecified atom stereocenters. The minimum absolute atomic E-state index is 0.358. The first-order valence-corrected chi connectivity index (χ1v) is 7.39. The number of thiazole rings is 1. The zero-order chi connectivity index (χ0) is 13.5. The summed E-state index contributed by atoms with van der Waals surface area (Å²) in [6.45, 7) is 11.1. The Morgan fingerprint density at radius 2 is 2.17 bits per heavy atom. The summed E-state index contributed by atoms with van der Waals surface area (Å²) in [7, 11) is 1.74. The van der Waals surface area contributed by atoms with Gasteiger partial charge in [0.15, 0.2) is 5.13 Å². The van der Waals surface area contributed by atoms with E-state index in [-0.39, 0.29) is 0 Å². The Hall–Kier alpha value is -0.650. The molecule has 1 heterocycles. The molecule has 1 aromatic heterocycles. The van der Waals surface area contributed by atoms with Gasteiger partial charge in [0.2, 0.25) is 0 Å². The Bertz CT molecular complexity index is 341. The minimum atomic E-state index is 0.358. The lowest BCUT2D eigenvalue weighted by molar-refractivity contribution is 0.182. The number of methoxy groups -OCH3 is 1. The first-order chi connectivity index (χ1) is 8.58. The zero-order valence-corrected chi connectivity index (χ0v) is 12.9. The van der Waals surface area contributed by atoms with Gasteiger partial charge in [-0.25, -0.2) is 4.98 Å². The van der Waals surface area contributed by atoms with Crippen LogP contribution in [0.25, 0.3) is 0 Å². The highest BCUT2D eigenvalue weighted by molar-refractivity contribution is 7.13. The maximum Gasteiger partial charge on any atom is 0.185 e. The van der Waals surface area contributed by atoms with Crippen LogP contribution in [-0.2, 0) is 11.3 Å². The summed E-state index contributed by atoms with van der Waals surface area (Å²) in [4.78, 5) is 6.97. The fourth-order valence-electron chi connectivity index (χ4n) is 1.78. The van der Waals surface area contributed by atoms with Gasteiger partial charge < -0.3 is 15.0 Å². The van der Waals surface area contributed by atoms with Gasteiger partial charge in [-0.05, 0) is 13.8 Å². The van der Waals surface area contributed by atoms with Gasteiger partial charge in [-0.2, -0.15) is 0 Å². The molecule has 4 nitrogen and oxygen atoms in total. The van der Waals surface area contributed by atoms with Crippen molar-refractivity contribution in [3.05, 3.63) is 11.1 Å². The molecule has 5 heteroatoms. The zero-order valence-electron chi connectivity index (χ0n) is 12.1. The number of hydrogen-bond acceptors (Lipinski definition) is 5. The molecular formula is C13H25N3OS. The van der Waals surface area contributed by atoms with E-state index in [1.54, 1.807) is 18.4 Å². The second-order valence-corrected chi connectivity index (χ2v) is 5.58. The predicted octanol–water partition coefficient (Wildman–Crippen LogP) is 2.50. The van der Waals surface area contributed by atoms with Crippen molar-refractivity contribution in [1.82, 2.24) is 10.3 Å². The molecule has 1 aromatic rings. The summed E-state index contributed by atoms with van der Waals surface area (Å²) in [6, 6.07) is 0.849. The van der Waals surface area contributed by atoms with Crippen LogP contribution in [0, 0.1) is 0 Å². The average Bonchev–Trinajstić information content (AvgIpc) is 2.76. The van der Waals surface area contributed by atoms with E-state index < -0.39 is 0 Å². The Kier molecular flexibility index (Phi) is 6.60. The van der Waals surface area contributed by atoms with E-state index in [1.165, 1.54) is 0 Å². The van der Waals surface area contributed by atoms with E-state index in [0.717, 1.165) is 30.5 Å². The van der Waals surface area contributed by atoms with Crippen molar-refractivity contribution < 1.29 is 4.74 Å². The standard InChI is InChI=1S/C13H25N3OS/c1-6-16(11(4)8-17-5)13-15-12(9-18-13)7-14-10(2)3/h9-11,14H,6-8H2,1-5H3. The third kappa shape index (κ3) is 4.55. The highest BCUT2D eigenvalue weighted by atomic mass is 32.1. The Morgan fingerprint density at radius 1 is 1.44 bits per heavy atom. The van der Waals surface area contributed by atoms with E-state index in [2.05, 4.69) is 48.3 Å². The number of aromatic nitrogens is 1. The molecule has 18 heavy (non-hydrogen) atoms. The van der Waals surface area contributed by atoms with Gasteiger partial charge in [-0.3, -0.25) is 0 Å². The molecule has 104 valence electrons. The van der Waals surface area contributed by atoms with E-state index >= 15 is 0 Å². The van der Waals surface area contributed by atoms with Gasteiger partial charge in [-0.15, -0.1) is 11.3 Å². The fraction of sp³-hybridized carbons (Fsp3) is 0.769. The third-order valence-electron chi connectivity index (χ3n) is 2.76. The number of nitrogens with one attached hydrogen (secondary N) is 1. The van der Waals surface area contributed by atoms with Crippen LogP contribution >= 0.6 is 11.3 Å². The number of anilines is 1. The summed E-state index contributed by atoms with van der Waals surface area (Å²) in [6.07, 6.45) is 0. The Morgan fingerprint density at radius 3 is 2.72 bits per heavy atom. The Balaban J connectivity index is 2.64. The van der Waals surface area contributed by atoms with Crippen LogP contribution in [0.2, 0.25) is 0 Å². The maximum absolute atomic E-state index is 5.22. The van der Waals surface area contributed by atoms with Crippen LogP contribution in [0.1, 0.15) is 33.4 Å². The fourth-order valence-corrected chi connectivity index (χ4v) is 2.78. The van der Waals surface area contributed by atoms with Crippen molar-refractivity contribution in [2.45, 2.75) is 46.3 Å². The van der Waals surface area contributed by atoms with Crippen LogP contribution in [0.3, 0.4) is 0 Å². The molecule has 1 N–H and O–H groups in total. The predicted molar refractivity (Wildman–Crippen MR) is 78.4 cm³/mol. The highest BCUT2D eigenvalue weighted by Gasteiger charge is 2.16. The molecule has 1 atom stereocenters. The van der Waals surface area contributed by atoms with Gasteiger partial charge in [-0.1, -0.05) is 13.8 Å². The topological polar surface area (TPSA) is 37.4 Å². The van der Waals surface area contributed by atoms with Gasteiger partial charge in [0, 0.05) is 31.6 Å². The van der Waals surface area contributed by atoms with Crippen LogP contribution in [-0.4, -0.2) is 37.3 Å². The molecule has 0 amide bonds. The third-order valence-corrected chi connectivity index (χ3v) is 3.68. The van der Waals surface area contributed by atoms with Gasteiger partial charge >= 0.3 is 0 Å².